The maximum absolute atomic E-state index is 10.7. The van der Waals surface area contributed by atoms with E-state index in [9.17, 15) is 25.9 Å². The van der Waals surface area contributed by atoms with Crippen molar-refractivity contribution >= 4 is 20.2 Å². The number of hydrogen-bond acceptors (Lipinski definition) is 6. The van der Waals surface area contributed by atoms with Gasteiger partial charge in [-0.2, -0.15) is 0 Å². The van der Waals surface area contributed by atoms with E-state index in [0.717, 1.165) is 12.1 Å². The maximum atomic E-state index is 10.7. The average molecular weight is 296 g/mol. The Labute approximate surface area is 144 Å². The molecule has 0 aliphatic rings. The quantitative estimate of drug-likeness (QED) is 0.396. The fraction of sp³-hybridized carbons (Fsp3) is 0.143. The molecule has 0 radical (unpaired) electrons. The molecule has 0 unspecified atom stereocenters. The molecule has 10 heteroatoms. The molecule has 0 heterocycles. The first-order chi connectivity index (χ1) is 6.62. The van der Waals surface area contributed by atoms with Gasteiger partial charge in [-0.1, -0.05) is 6.07 Å². The molecule has 0 aliphatic carbocycles. The maximum Gasteiger partial charge on any atom is 1.00 e. The van der Waals surface area contributed by atoms with E-state index in [0.29, 0.717) is 5.56 Å². The van der Waals surface area contributed by atoms with E-state index in [1.807, 2.05) is 0 Å². The molecule has 0 fully saturated rings. The van der Waals surface area contributed by atoms with E-state index >= 15 is 0 Å². The Balaban J connectivity index is 0. The third-order valence-electron chi connectivity index (χ3n) is 1.64. The van der Waals surface area contributed by atoms with Crippen molar-refractivity contribution in [2.45, 2.75) is 16.7 Å². The molecule has 0 bridgehead atoms. The van der Waals surface area contributed by atoms with Gasteiger partial charge in [0.1, 0.15) is 20.2 Å². The van der Waals surface area contributed by atoms with Crippen molar-refractivity contribution in [3.05, 3.63) is 23.8 Å². The smallest absolute Gasteiger partial charge is 0.744 e. The molecule has 0 atom stereocenters. The van der Waals surface area contributed by atoms with Crippen molar-refractivity contribution < 1.29 is 85.1 Å². The Morgan fingerprint density at radius 3 is 1.65 bits per heavy atom. The van der Waals surface area contributed by atoms with Crippen LogP contribution in [-0.4, -0.2) is 25.9 Å². The predicted molar refractivity (Wildman–Crippen MR) is 47.1 cm³/mol. The second kappa shape index (κ2) is 6.99. The Morgan fingerprint density at radius 1 is 0.882 bits per heavy atom. The largest absolute Gasteiger partial charge is 1.00 e. The number of benzene rings is 1. The van der Waals surface area contributed by atoms with Gasteiger partial charge < -0.3 is 9.11 Å². The first-order valence-electron chi connectivity index (χ1n) is 3.65. The zero-order chi connectivity index (χ0) is 11.9. The molecule has 1 rings (SSSR count). The molecule has 0 saturated carbocycles. The van der Waals surface area contributed by atoms with E-state index in [1.165, 1.54) is 13.0 Å². The van der Waals surface area contributed by atoms with Gasteiger partial charge in [0.2, 0.25) is 0 Å². The van der Waals surface area contributed by atoms with Gasteiger partial charge in [0.05, 0.1) is 9.79 Å². The molecule has 0 aliphatic heterocycles. The van der Waals surface area contributed by atoms with Gasteiger partial charge in [-0.05, 0) is 24.6 Å². The molecule has 84 valence electrons. The fourth-order valence-corrected chi connectivity index (χ4v) is 2.81. The second-order valence-corrected chi connectivity index (χ2v) is 5.55. The SMILES string of the molecule is Cc1ccc(S(=O)(=O)[O-])c(S(=O)(=O)[O-])c1.[Na+].[Na+]. The van der Waals surface area contributed by atoms with Gasteiger partial charge in [-0.25, -0.2) is 16.8 Å². The van der Waals surface area contributed by atoms with Crippen molar-refractivity contribution in [3.63, 3.8) is 0 Å². The van der Waals surface area contributed by atoms with Crippen LogP contribution < -0.4 is 59.1 Å². The molecule has 0 aromatic heterocycles. The summed E-state index contributed by atoms with van der Waals surface area (Å²) in [6.07, 6.45) is 0. The summed E-state index contributed by atoms with van der Waals surface area (Å²) >= 11 is 0. The minimum absolute atomic E-state index is 0. The van der Waals surface area contributed by atoms with Crippen molar-refractivity contribution in [1.82, 2.24) is 0 Å². The van der Waals surface area contributed by atoms with Crippen molar-refractivity contribution in [2.24, 2.45) is 0 Å². The molecule has 6 nitrogen and oxygen atoms in total. The second-order valence-electron chi connectivity index (χ2n) is 2.86. The van der Waals surface area contributed by atoms with Crippen molar-refractivity contribution in [3.8, 4) is 0 Å². The first-order valence-corrected chi connectivity index (χ1v) is 6.46. The topological polar surface area (TPSA) is 114 Å². The van der Waals surface area contributed by atoms with Crippen LogP contribution in [0.2, 0.25) is 0 Å². The monoisotopic (exact) mass is 296 g/mol. The molecule has 0 saturated heterocycles. The van der Waals surface area contributed by atoms with Gasteiger partial charge in [0.15, 0.2) is 0 Å². The van der Waals surface area contributed by atoms with Crippen LogP contribution in [0.4, 0.5) is 0 Å². The van der Waals surface area contributed by atoms with Gasteiger partial charge in [-0.15, -0.1) is 0 Å². The van der Waals surface area contributed by atoms with Gasteiger partial charge >= 0.3 is 59.1 Å². The number of hydrogen-bond donors (Lipinski definition) is 0. The summed E-state index contributed by atoms with van der Waals surface area (Å²) in [6.45, 7) is 1.47. The van der Waals surface area contributed by atoms with E-state index in [2.05, 4.69) is 0 Å². The Kier molecular flexibility index (Phi) is 8.37. The van der Waals surface area contributed by atoms with Crippen LogP contribution in [0, 0.1) is 6.92 Å². The predicted octanol–water partition coefficient (Wildman–Crippen LogP) is -6.19. The first kappa shape index (κ1) is 20.4. The van der Waals surface area contributed by atoms with Crippen LogP contribution in [0.1, 0.15) is 5.56 Å². The van der Waals surface area contributed by atoms with E-state index < -0.39 is 30.0 Å². The van der Waals surface area contributed by atoms with E-state index in [4.69, 9.17) is 0 Å². The van der Waals surface area contributed by atoms with Gasteiger partial charge in [-0.3, -0.25) is 0 Å². The molecule has 0 amide bonds. The molecule has 0 N–H and O–H groups in total. The van der Waals surface area contributed by atoms with Crippen LogP contribution >= 0.6 is 0 Å². The molecular formula is C7H6Na2O6S2. The summed E-state index contributed by atoms with van der Waals surface area (Å²) in [5, 5.41) is 0. The normalized spacial score (nSPS) is 11.2. The number of rotatable bonds is 2. The third-order valence-corrected chi connectivity index (χ3v) is 3.54. The summed E-state index contributed by atoms with van der Waals surface area (Å²) in [4.78, 5) is -2.01. The van der Waals surface area contributed by atoms with Crippen LogP contribution in [0.25, 0.3) is 0 Å². The summed E-state index contributed by atoms with van der Waals surface area (Å²) in [5.41, 5.74) is 0.372. The average Bonchev–Trinajstić information content (AvgIpc) is 2.00. The van der Waals surface area contributed by atoms with Crippen LogP contribution in [0.15, 0.2) is 28.0 Å². The molecule has 0 spiro atoms. The Hall–Kier alpha value is 1.04. The number of aryl methyl sites for hydroxylation is 1. The van der Waals surface area contributed by atoms with Crippen LogP contribution in [-0.2, 0) is 20.2 Å². The van der Waals surface area contributed by atoms with Crippen LogP contribution in [0.3, 0.4) is 0 Å². The van der Waals surface area contributed by atoms with E-state index in [1.54, 1.807) is 0 Å². The molecule has 17 heavy (non-hydrogen) atoms. The molecule has 1 aromatic carbocycles. The summed E-state index contributed by atoms with van der Waals surface area (Å²) in [6, 6.07) is 2.90. The van der Waals surface area contributed by atoms with Crippen molar-refractivity contribution in [2.75, 3.05) is 0 Å². The summed E-state index contributed by atoms with van der Waals surface area (Å²) in [7, 11) is -9.93. The zero-order valence-corrected chi connectivity index (χ0v) is 15.1. The fourth-order valence-electron chi connectivity index (χ4n) is 1.02. The third kappa shape index (κ3) is 5.68. The van der Waals surface area contributed by atoms with Crippen molar-refractivity contribution in [1.29, 1.82) is 0 Å². The summed E-state index contributed by atoms with van der Waals surface area (Å²) in [5.74, 6) is 0. The summed E-state index contributed by atoms with van der Waals surface area (Å²) < 4.78 is 64.0. The molecule has 1 aromatic rings. The molecular weight excluding hydrogens is 290 g/mol. The van der Waals surface area contributed by atoms with Gasteiger partial charge in [0, 0.05) is 0 Å². The zero-order valence-electron chi connectivity index (χ0n) is 9.50. The Morgan fingerprint density at radius 2 is 1.29 bits per heavy atom. The van der Waals surface area contributed by atoms with Crippen LogP contribution in [0.5, 0.6) is 0 Å². The standard InChI is InChI=1S/C7H8O6S2.2Na/c1-5-2-3-6(14(8,9)10)7(4-5)15(11,12)13;;/h2-4H,1H3,(H,8,9,10)(H,11,12,13);;/q;2*+1/p-2. The minimum atomic E-state index is -4.97. The Bertz CT molecular complexity index is 593. The van der Waals surface area contributed by atoms with Gasteiger partial charge in [0.25, 0.3) is 0 Å². The van der Waals surface area contributed by atoms with E-state index in [-0.39, 0.29) is 59.1 Å². The minimum Gasteiger partial charge on any atom is -0.744 e.